The predicted octanol–water partition coefficient (Wildman–Crippen LogP) is 2.80. The Kier molecular flexibility index (Phi) is 2.63. The number of carbonyl (C=O) groups is 1. The van der Waals surface area contributed by atoms with Gasteiger partial charge in [-0.1, -0.05) is 17.3 Å². The summed E-state index contributed by atoms with van der Waals surface area (Å²) in [5.74, 6) is 2.04. The number of ketones is 1. The summed E-state index contributed by atoms with van der Waals surface area (Å²) >= 11 is 0. The number of nitrogens with zero attached hydrogens (tertiary/aromatic N) is 1. The van der Waals surface area contributed by atoms with Crippen molar-refractivity contribution in [3.63, 3.8) is 0 Å². The molecule has 1 saturated carbocycles. The largest absolute Gasteiger partial charge is 0.496 e. The van der Waals surface area contributed by atoms with E-state index < -0.39 is 0 Å². The second-order valence-corrected chi connectivity index (χ2v) is 4.46. The normalized spacial score (nSPS) is 15.5. The fourth-order valence-electron chi connectivity index (χ4n) is 2.16. The van der Waals surface area contributed by atoms with Crippen molar-refractivity contribution < 1.29 is 14.1 Å². The average molecular weight is 243 g/mol. The van der Waals surface area contributed by atoms with Gasteiger partial charge in [-0.05, 0) is 12.1 Å². The van der Waals surface area contributed by atoms with Crippen LogP contribution in [0.5, 0.6) is 5.75 Å². The van der Waals surface area contributed by atoms with Crippen LogP contribution in [0.2, 0.25) is 0 Å². The minimum Gasteiger partial charge on any atom is -0.496 e. The molecule has 1 aliphatic rings. The molecule has 3 rings (SSSR count). The summed E-state index contributed by atoms with van der Waals surface area (Å²) in [5, 5.41) is 4.06. The molecule has 0 atom stereocenters. The molecule has 0 unspecified atom stereocenters. The highest BCUT2D eigenvalue weighted by molar-refractivity contribution is 5.86. The molecule has 92 valence electrons. The van der Waals surface area contributed by atoms with E-state index in [-0.39, 0.29) is 11.7 Å². The van der Waals surface area contributed by atoms with E-state index in [0.29, 0.717) is 12.8 Å². The minimum absolute atomic E-state index is 0.202. The summed E-state index contributed by atoms with van der Waals surface area (Å²) in [5.41, 5.74) is 1.66. The van der Waals surface area contributed by atoms with Gasteiger partial charge in [-0.2, -0.15) is 0 Å². The second kappa shape index (κ2) is 4.29. The van der Waals surface area contributed by atoms with Crippen LogP contribution < -0.4 is 4.74 Å². The monoisotopic (exact) mass is 243 g/mol. The molecule has 4 nitrogen and oxygen atoms in total. The highest BCUT2D eigenvalue weighted by atomic mass is 16.5. The minimum atomic E-state index is 0.202. The molecule has 1 aliphatic carbocycles. The molecular weight excluding hydrogens is 230 g/mol. The van der Waals surface area contributed by atoms with Crippen molar-refractivity contribution in [1.82, 2.24) is 5.16 Å². The van der Waals surface area contributed by atoms with Crippen molar-refractivity contribution in [3.05, 3.63) is 36.1 Å². The number of ether oxygens (including phenoxy) is 1. The first kappa shape index (κ1) is 11.0. The van der Waals surface area contributed by atoms with Crippen LogP contribution >= 0.6 is 0 Å². The topological polar surface area (TPSA) is 52.3 Å². The molecule has 0 aliphatic heterocycles. The Morgan fingerprint density at radius 3 is 2.83 bits per heavy atom. The van der Waals surface area contributed by atoms with Crippen molar-refractivity contribution in [2.24, 2.45) is 0 Å². The van der Waals surface area contributed by atoms with Gasteiger partial charge >= 0.3 is 0 Å². The van der Waals surface area contributed by atoms with Crippen molar-refractivity contribution in [3.8, 4) is 17.0 Å². The number of carbonyl (C=O) groups excluding carboxylic acids is 1. The third kappa shape index (κ3) is 1.79. The summed E-state index contributed by atoms with van der Waals surface area (Å²) in [6.07, 6.45) is 1.14. The van der Waals surface area contributed by atoms with E-state index in [1.54, 1.807) is 7.11 Å². The molecule has 1 heterocycles. The molecule has 4 heteroatoms. The summed E-state index contributed by atoms with van der Waals surface area (Å²) in [6, 6.07) is 9.56. The molecule has 0 radical (unpaired) electrons. The van der Waals surface area contributed by atoms with E-state index in [9.17, 15) is 4.79 Å². The number of benzene rings is 1. The van der Waals surface area contributed by atoms with Crippen molar-refractivity contribution in [2.45, 2.75) is 18.8 Å². The van der Waals surface area contributed by atoms with E-state index >= 15 is 0 Å². The fourth-order valence-corrected chi connectivity index (χ4v) is 2.16. The Balaban J connectivity index is 1.90. The van der Waals surface area contributed by atoms with Crippen LogP contribution in [0, 0.1) is 0 Å². The third-order valence-electron chi connectivity index (χ3n) is 3.26. The van der Waals surface area contributed by atoms with Gasteiger partial charge in [0.2, 0.25) is 0 Å². The number of para-hydroxylation sites is 1. The first-order valence-corrected chi connectivity index (χ1v) is 5.89. The molecular formula is C14H13NO3. The highest BCUT2D eigenvalue weighted by Gasteiger charge is 2.31. The number of Topliss-reactive ketones (excluding diaryl/α,β-unsaturated/α-hetero) is 1. The van der Waals surface area contributed by atoms with Gasteiger partial charge in [-0.25, -0.2) is 0 Å². The SMILES string of the molecule is COc1ccccc1-c1cc(C2CC(=O)C2)on1. The molecule has 0 bridgehead atoms. The van der Waals surface area contributed by atoms with Gasteiger partial charge in [0.25, 0.3) is 0 Å². The number of hydrogen-bond donors (Lipinski definition) is 0. The van der Waals surface area contributed by atoms with Crippen LogP contribution in [-0.2, 0) is 4.79 Å². The van der Waals surface area contributed by atoms with Crippen LogP contribution in [-0.4, -0.2) is 18.0 Å². The molecule has 0 saturated heterocycles. The average Bonchev–Trinajstić information content (AvgIpc) is 2.84. The smallest absolute Gasteiger partial charge is 0.141 e. The van der Waals surface area contributed by atoms with Gasteiger partial charge in [0.05, 0.1) is 7.11 Å². The fraction of sp³-hybridized carbons (Fsp3) is 0.286. The Labute approximate surface area is 105 Å². The van der Waals surface area contributed by atoms with Crippen molar-refractivity contribution in [2.75, 3.05) is 7.11 Å². The zero-order valence-corrected chi connectivity index (χ0v) is 10.1. The van der Waals surface area contributed by atoms with Gasteiger partial charge in [-0.3, -0.25) is 4.79 Å². The number of hydrogen-bond acceptors (Lipinski definition) is 4. The molecule has 0 spiro atoms. The number of aromatic nitrogens is 1. The lowest BCUT2D eigenvalue weighted by molar-refractivity contribution is -0.125. The summed E-state index contributed by atoms with van der Waals surface area (Å²) in [6.45, 7) is 0. The molecule has 0 amide bonds. The summed E-state index contributed by atoms with van der Waals surface area (Å²) in [4.78, 5) is 11.0. The van der Waals surface area contributed by atoms with E-state index in [2.05, 4.69) is 5.16 Å². The maximum Gasteiger partial charge on any atom is 0.141 e. The van der Waals surface area contributed by atoms with Gasteiger partial charge in [-0.15, -0.1) is 0 Å². The number of rotatable bonds is 3. The van der Waals surface area contributed by atoms with Gasteiger partial charge in [0.1, 0.15) is 23.0 Å². The van der Waals surface area contributed by atoms with Gasteiger partial charge in [0, 0.05) is 30.4 Å². The van der Waals surface area contributed by atoms with E-state index in [0.717, 1.165) is 22.8 Å². The Hall–Kier alpha value is -2.10. The van der Waals surface area contributed by atoms with Crippen molar-refractivity contribution in [1.29, 1.82) is 0 Å². The Bertz CT molecular complexity index is 580. The lowest BCUT2D eigenvalue weighted by Crippen LogP contribution is -2.20. The Morgan fingerprint density at radius 1 is 1.33 bits per heavy atom. The third-order valence-corrected chi connectivity index (χ3v) is 3.26. The lowest BCUT2D eigenvalue weighted by Gasteiger charge is -2.20. The maximum absolute atomic E-state index is 11.0. The Morgan fingerprint density at radius 2 is 2.11 bits per heavy atom. The zero-order valence-electron chi connectivity index (χ0n) is 10.1. The molecule has 2 aromatic rings. The van der Waals surface area contributed by atoms with Crippen LogP contribution in [0.25, 0.3) is 11.3 Å². The van der Waals surface area contributed by atoms with Crippen LogP contribution in [0.1, 0.15) is 24.5 Å². The van der Waals surface area contributed by atoms with Crippen LogP contribution in [0.15, 0.2) is 34.9 Å². The lowest BCUT2D eigenvalue weighted by atomic mass is 9.82. The molecule has 18 heavy (non-hydrogen) atoms. The standard InChI is InChI=1S/C14H13NO3/c1-17-13-5-3-2-4-11(13)12-8-14(18-15-12)9-6-10(16)7-9/h2-5,8-9H,6-7H2,1H3. The zero-order chi connectivity index (χ0) is 12.5. The summed E-state index contributed by atoms with van der Waals surface area (Å²) < 4.78 is 10.6. The molecule has 1 aromatic carbocycles. The first-order valence-electron chi connectivity index (χ1n) is 5.89. The first-order chi connectivity index (χ1) is 8.78. The molecule has 1 fully saturated rings. The van der Waals surface area contributed by atoms with Gasteiger partial charge < -0.3 is 9.26 Å². The molecule has 0 N–H and O–H groups in total. The van der Waals surface area contributed by atoms with Crippen LogP contribution in [0.3, 0.4) is 0 Å². The van der Waals surface area contributed by atoms with E-state index in [1.807, 2.05) is 30.3 Å². The number of methoxy groups -OCH3 is 1. The predicted molar refractivity (Wildman–Crippen MR) is 65.5 cm³/mol. The van der Waals surface area contributed by atoms with Crippen molar-refractivity contribution >= 4 is 5.78 Å². The second-order valence-electron chi connectivity index (χ2n) is 4.46. The van der Waals surface area contributed by atoms with E-state index in [4.69, 9.17) is 9.26 Å². The van der Waals surface area contributed by atoms with Gasteiger partial charge in [0.15, 0.2) is 0 Å². The maximum atomic E-state index is 11.0. The summed E-state index contributed by atoms with van der Waals surface area (Å²) in [7, 11) is 1.63. The van der Waals surface area contributed by atoms with E-state index in [1.165, 1.54) is 0 Å². The van der Waals surface area contributed by atoms with Crippen LogP contribution in [0.4, 0.5) is 0 Å². The quantitative estimate of drug-likeness (QED) is 0.831. The molecule has 1 aromatic heterocycles. The highest BCUT2D eigenvalue weighted by Crippen LogP contribution is 2.36.